The van der Waals surface area contributed by atoms with Gasteiger partial charge in [-0.15, -0.1) is 0 Å². The van der Waals surface area contributed by atoms with Crippen LogP contribution in [0.1, 0.15) is 51.5 Å². The summed E-state index contributed by atoms with van der Waals surface area (Å²) in [4.78, 5) is 0. The Balaban J connectivity index is 2.43. The van der Waals surface area contributed by atoms with Gasteiger partial charge in [0.1, 0.15) is 11.6 Å². The van der Waals surface area contributed by atoms with Crippen molar-refractivity contribution in [2.24, 2.45) is 17.1 Å². The first-order valence-electron chi connectivity index (χ1n) is 7.73. The quantitative estimate of drug-likeness (QED) is 0.889. The van der Waals surface area contributed by atoms with Gasteiger partial charge in [0.25, 0.3) is 0 Å². The molecule has 2 rings (SSSR count). The van der Waals surface area contributed by atoms with Crippen LogP contribution in [0.25, 0.3) is 0 Å². The van der Waals surface area contributed by atoms with Crippen LogP contribution >= 0.6 is 0 Å². The first-order valence-corrected chi connectivity index (χ1v) is 7.73. The lowest BCUT2D eigenvalue weighted by Crippen LogP contribution is -2.51. The van der Waals surface area contributed by atoms with Crippen molar-refractivity contribution >= 4 is 0 Å². The van der Waals surface area contributed by atoms with Crippen LogP contribution in [0.5, 0.6) is 0 Å². The van der Waals surface area contributed by atoms with E-state index in [0.717, 1.165) is 38.2 Å². The van der Waals surface area contributed by atoms with Gasteiger partial charge in [-0.1, -0.05) is 26.2 Å². The molecule has 3 N–H and O–H groups in total. The predicted octanol–water partition coefficient (Wildman–Crippen LogP) is 3.72. The molecule has 0 aliphatic heterocycles. The van der Waals surface area contributed by atoms with Crippen molar-refractivity contribution in [1.82, 2.24) is 0 Å². The molecule has 0 bridgehead atoms. The van der Waals surface area contributed by atoms with Crippen molar-refractivity contribution in [1.29, 1.82) is 0 Å². The van der Waals surface area contributed by atoms with Gasteiger partial charge in [0.2, 0.25) is 0 Å². The van der Waals surface area contributed by atoms with Gasteiger partial charge < -0.3 is 10.8 Å². The van der Waals surface area contributed by atoms with Crippen molar-refractivity contribution in [3.05, 3.63) is 35.4 Å². The molecular weight excluding hydrogens is 272 g/mol. The molecule has 1 aromatic carbocycles. The number of benzene rings is 1. The lowest BCUT2D eigenvalue weighted by Gasteiger charge is -2.50. The molecule has 3 unspecified atom stereocenters. The van der Waals surface area contributed by atoms with Gasteiger partial charge in [0.05, 0.1) is 5.60 Å². The fourth-order valence-corrected chi connectivity index (χ4v) is 3.80. The number of rotatable bonds is 4. The summed E-state index contributed by atoms with van der Waals surface area (Å²) in [5.41, 5.74) is 4.43. The second-order valence-electron chi connectivity index (χ2n) is 6.59. The minimum absolute atomic E-state index is 0.280. The summed E-state index contributed by atoms with van der Waals surface area (Å²) >= 11 is 0. The number of hydrogen-bond acceptors (Lipinski definition) is 2. The molecular formula is C17H25F2NO. The summed E-state index contributed by atoms with van der Waals surface area (Å²) in [6.45, 7) is 4.09. The highest BCUT2D eigenvalue weighted by Gasteiger charge is 2.49. The summed E-state index contributed by atoms with van der Waals surface area (Å²) < 4.78 is 27.0. The standard InChI is InChI=1S/C17H25F2NO/c1-3-12-5-4-6-17(10-12,11-20)16(2,21)13-7-14(18)9-15(19)8-13/h7-9,12,21H,3-6,10-11,20H2,1-2H3. The van der Waals surface area contributed by atoms with Gasteiger partial charge in [-0.2, -0.15) is 0 Å². The zero-order valence-corrected chi connectivity index (χ0v) is 12.8. The van der Waals surface area contributed by atoms with Crippen molar-refractivity contribution in [3.63, 3.8) is 0 Å². The van der Waals surface area contributed by atoms with E-state index >= 15 is 0 Å². The first kappa shape index (κ1) is 16.4. The number of halogens is 2. The van der Waals surface area contributed by atoms with E-state index in [2.05, 4.69) is 6.92 Å². The maximum absolute atomic E-state index is 13.5. The van der Waals surface area contributed by atoms with Gasteiger partial charge >= 0.3 is 0 Å². The highest BCUT2D eigenvalue weighted by molar-refractivity contribution is 5.27. The number of hydrogen-bond donors (Lipinski definition) is 2. The van der Waals surface area contributed by atoms with Gasteiger partial charge in [-0.05, 0) is 43.4 Å². The molecule has 2 nitrogen and oxygen atoms in total. The molecule has 4 heteroatoms. The topological polar surface area (TPSA) is 46.2 Å². The number of nitrogens with two attached hydrogens (primary N) is 1. The van der Waals surface area contributed by atoms with E-state index < -0.39 is 22.7 Å². The lowest BCUT2D eigenvalue weighted by molar-refractivity contribution is -0.103. The van der Waals surface area contributed by atoms with Crippen LogP contribution in [0.15, 0.2) is 18.2 Å². The Bertz CT molecular complexity index is 483. The fourth-order valence-electron chi connectivity index (χ4n) is 3.80. The third kappa shape index (κ3) is 2.97. The summed E-state index contributed by atoms with van der Waals surface area (Å²) in [5, 5.41) is 11.1. The molecule has 1 aromatic rings. The maximum Gasteiger partial charge on any atom is 0.126 e. The second kappa shape index (κ2) is 6.01. The molecule has 21 heavy (non-hydrogen) atoms. The Morgan fingerprint density at radius 2 is 1.95 bits per heavy atom. The monoisotopic (exact) mass is 297 g/mol. The molecule has 3 atom stereocenters. The molecule has 0 heterocycles. The smallest absolute Gasteiger partial charge is 0.126 e. The molecule has 1 aliphatic carbocycles. The van der Waals surface area contributed by atoms with Crippen LogP contribution < -0.4 is 5.73 Å². The average Bonchev–Trinajstić information content (AvgIpc) is 2.46. The minimum Gasteiger partial charge on any atom is -0.385 e. The average molecular weight is 297 g/mol. The molecule has 118 valence electrons. The predicted molar refractivity (Wildman–Crippen MR) is 79.7 cm³/mol. The maximum atomic E-state index is 13.5. The zero-order chi connectivity index (χ0) is 15.7. The highest BCUT2D eigenvalue weighted by Crippen LogP contribution is 2.51. The van der Waals surface area contributed by atoms with E-state index in [1.807, 2.05) is 0 Å². The molecule has 0 spiro atoms. The molecule has 0 aromatic heterocycles. The summed E-state index contributed by atoms with van der Waals surface area (Å²) in [5.74, 6) is -0.826. The van der Waals surface area contributed by atoms with E-state index in [4.69, 9.17) is 5.73 Å². The van der Waals surface area contributed by atoms with Crippen LogP contribution in [-0.4, -0.2) is 11.7 Å². The fraction of sp³-hybridized carbons (Fsp3) is 0.647. The number of aliphatic hydroxyl groups is 1. The van der Waals surface area contributed by atoms with Gasteiger partial charge in [0, 0.05) is 18.0 Å². The van der Waals surface area contributed by atoms with Crippen molar-refractivity contribution in [2.75, 3.05) is 6.54 Å². The summed E-state index contributed by atoms with van der Waals surface area (Å²) in [7, 11) is 0. The van der Waals surface area contributed by atoms with Crippen LogP contribution in [0.3, 0.4) is 0 Å². The Morgan fingerprint density at radius 1 is 1.33 bits per heavy atom. The molecule has 0 radical (unpaired) electrons. The minimum atomic E-state index is -1.33. The van der Waals surface area contributed by atoms with Gasteiger partial charge in [-0.3, -0.25) is 0 Å². The Morgan fingerprint density at radius 3 is 2.48 bits per heavy atom. The molecule has 1 fully saturated rings. The molecule has 0 saturated heterocycles. The van der Waals surface area contributed by atoms with Crippen LogP contribution in [-0.2, 0) is 5.60 Å². The first-order chi connectivity index (χ1) is 9.84. The van der Waals surface area contributed by atoms with Crippen LogP contribution in [0, 0.1) is 23.0 Å². The molecule has 0 amide bonds. The third-order valence-corrected chi connectivity index (χ3v) is 5.37. The van der Waals surface area contributed by atoms with E-state index in [0.29, 0.717) is 12.5 Å². The lowest BCUT2D eigenvalue weighted by atomic mass is 9.59. The Hall–Kier alpha value is -1.00. The van der Waals surface area contributed by atoms with Gasteiger partial charge in [0.15, 0.2) is 0 Å². The van der Waals surface area contributed by atoms with E-state index in [1.54, 1.807) is 6.92 Å². The van der Waals surface area contributed by atoms with Crippen molar-refractivity contribution in [2.45, 2.75) is 51.6 Å². The van der Waals surface area contributed by atoms with E-state index in [1.165, 1.54) is 12.1 Å². The van der Waals surface area contributed by atoms with Crippen LogP contribution in [0.2, 0.25) is 0 Å². The molecule has 1 saturated carbocycles. The van der Waals surface area contributed by atoms with E-state index in [-0.39, 0.29) is 5.56 Å². The van der Waals surface area contributed by atoms with Gasteiger partial charge in [-0.25, -0.2) is 8.78 Å². The zero-order valence-electron chi connectivity index (χ0n) is 12.8. The highest BCUT2D eigenvalue weighted by atomic mass is 19.1. The normalized spacial score (nSPS) is 29.1. The van der Waals surface area contributed by atoms with E-state index in [9.17, 15) is 13.9 Å². The molecule has 1 aliphatic rings. The van der Waals surface area contributed by atoms with Crippen molar-refractivity contribution < 1.29 is 13.9 Å². The summed E-state index contributed by atoms with van der Waals surface area (Å²) in [6.07, 6.45) is 4.74. The Kier molecular flexibility index (Phi) is 4.69. The largest absolute Gasteiger partial charge is 0.385 e. The summed E-state index contributed by atoms with van der Waals surface area (Å²) in [6, 6.07) is 3.26. The van der Waals surface area contributed by atoms with Crippen LogP contribution in [0.4, 0.5) is 8.78 Å². The SMILES string of the molecule is CCC1CCCC(CN)(C(C)(O)c2cc(F)cc(F)c2)C1. The third-order valence-electron chi connectivity index (χ3n) is 5.37. The second-order valence-corrected chi connectivity index (χ2v) is 6.59. The van der Waals surface area contributed by atoms with Crippen molar-refractivity contribution in [3.8, 4) is 0 Å². The Labute approximate surface area is 125 Å².